The smallest absolute Gasteiger partial charge is 0.266 e. The van der Waals surface area contributed by atoms with Gasteiger partial charge in [0, 0.05) is 13.1 Å². The third-order valence-corrected chi connectivity index (χ3v) is 3.87. The van der Waals surface area contributed by atoms with E-state index in [1.165, 1.54) is 19.3 Å². The van der Waals surface area contributed by atoms with Crippen LogP contribution in [0.4, 0.5) is 0 Å². The maximum Gasteiger partial charge on any atom is 0.266 e. The van der Waals surface area contributed by atoms with Crippen molar-refractivity contribution in [1.82, 2.24) is 4.90 Å². The first-order valence-corrected chi connectivity index (χ1v) is 8.96. The molecule has 0 amide bonds. The van der Waals surface area contributed by atoms with Gasteiger partial charge in [-0.15, -0.1) is 0 Å². The summed E-state index contributed by atoms with van der Waals surface area (Å²) in [6.45, 7) is 2.87. The van der Waals surface area contributed by atoms with Crippen LogP contribution in [0, 0.1) is 0 Å². The fourth-order valence-electron chi connectivity index (χ4n) is 2.01. The van der Waals surface area contributed by atoms with Crippen molar-refractivity contribution in [1.29, 1.82) is 0 Å². The highest BCUT2D eigenvalue weighted by molar-refractivity contribution is 7.85. The topological polar surface area (TPSA) is 98.1 Å². The van der Waals surface area contributed by atoms with Crippen LogP contribution < -0.4 is 0 Å². The first-order valence-electron chi connectivity index (χ1n) is 7.35. The Morgan fingerprint density at radius 2 is 1.65 bits per heavy atom. The molecule has 0 heterocycles. The van der Waals surface area contributed by atoms with E-state index < -0.39 is 16.2 Å². The van der Waals surface area contributed by atoms with Gasteiger partial charge in [-0.1, -0.05) is 39.0 Å². The van der Waals surface area contributed by atoms with E-state index in [2.05, 4.69) is 6.92 Å². The molecule has 122 valence electrons. The average molecular weight is 311 g/mol. The molecule has 0 radical (unpaired) electrons. The Bertz CT molecular complexity index is 321. The third kappa shape index (κ3) is 12.8. The SMILES string of the molecule is CCCCCCCCN(CCS(=O)(=O)O)CC(O)CO. The Morgan fingerprint density at radius 3 is 2.20 bits per heavy atom. The van der Waals surface area contributed by atoms with Crippen LogP contribution in [-0.4, -0.2) is 66.2 Å². The molecule has 6 nitrogen and oxygen atoms in total. The van der Waals surface area contributed by atoms with E-state index in [0.717, 1.165) is 19.3 Å². The lowest BCUT2D eigenvalue weighted by Crippen LogP contribution is -2.38. The largest absolute Gasteiger partial charge is 0.394 e. The van der Waals surface area contributed by atoms with Crippen LogP contribution in [0.25, 0.3) is 0 Å². The van der Waals surface area contributed by atoms with Crippen LogP contribution in [0.15, 0.2) is 0 Å². The van der Waals surface area contributed by atoms with Crippen molar-refractivity contribution >= 4 is 10.1 Å². The van der Waals surface area contributed by atoms with Gasteiger partial charge in [0.05, 0.1) is 18.5 Å². The molecule has 0 saturated carbocycles. The molecule has 0 aromatic carbocycles. The summed E-state index contributed by atoms with van der Waals surface area (Å²) < 4.78 is 30.3. The predicted molar refractivity (Wildman–Crippen MR) is 79.3 cm³/mol. The van der Waals surface area contributed by atoms with Crippen molar-refractivity contribution in [3.05, 3.63) is 0 Å². The van der Waals surface area contributed by atoms with E-state index in [9.17, 15) is 13.5 Å². The van der Waals surface area contributed by atoms with Gasteiger partial charge < -0.3 is 10.2 Å². The van der Waals surface area contributed by atoms with E-state index in [1.54, 1.807) is 4.90 Å². The number of hydrogen-bond donors (Lipinski definition) is 3. The quantitative estimate of drug-likeness (QED) is 0.345. The van der Waals surface area contributed by atoms with E-state index in [1.807, 2.05) is 0 Å². The van der Waals surface area contributed by atoms with Gasteiger partial charge >= 0.3 is 0 Å². The standard InChI is InChI=1S/C13H29NO5S/c1-2-3-4-5-6-7-8-14(11-13(16)12-15)9-10-20(17,18)19/h13,15-16H,2-12H2,1H3,(H,17,18,19). The summed E-state index contributed by atoms with van der Waals surface area (Å²) in [5.41, 5.74) is 0. The molecule has 0 saturated heterocycles. The van der Waals surface area contributed by atoms with Gasteiger partial charge in [-0.3, -0.25) is 9.45 Å². The van der Waals surface area contributed by atoms with E-state index in [0.29, 0.717) is 6.54 Å². The Balaban J connectivity index is 3.98. The number of aliphatic hydroxyl groups is 2. The molecule has 0 aliphatic heterocycles. The Labute approximate surface area is 122 Å². The zero-order valence-corrected chi connectivity index (χ0v) is 13.2. The van der Waals surface area contributed by atoms with Crippen molar-refractivity contribution in [2.24, 2.45) is 0 Å². The van der Waals surface area contributed by atoms with Gasteiger partial charge in [-0.05, 0) is 13.0 Å². The highest BCUT2D eigenvalue weighted by Gasteiger charge is 2.14. The van der Waals surface area contributed by atoms with E-state index in [4.69, 9.17) is 9.66 Å². The van der Waals surface area contributed by atoms with Crippen molar-refractivity contribution in [3.63, 3.8) is 0 Å². The molecular weight excluding hydrogens is 282 g/mol. The maximum atomic E-state index is 10.8. The molecule has 0 aromatic heterocycles. The molecule has 0 bridgehead atoms. The van der Waals surface area contributed by atoms with E-state index >= 15 is 0 Å². The average Bonchev–Trinajstić information content (AvgIpc) is 2.38. The van der Waals surface area contributed by atoms with Gasteiger partial charge in [0.1, 0.15) is 0 Å². The van der Waals surface area contributed by atoms with Crippen LogP contribution in [0.1, 0.15) is 45.4 Å². The Kier molecular flexibility index (Phi) is 11.3. The van der Waals surface area contributed by atoms with Crippen molar-refractivity contribution in [3.8, 4) is 0 Å². The molecule has 0 rings (SSSR count). The van der Waals surface area contributed by atoms with Crippen LogP contribution in [-0.2, 0) is 10.1 Å². The number of aliphatic hydroxyl groups excluding tert-OH is 2. The summed E-state index contributed by atoms with van der Waals surface area (Å²) in [5, 5.41) is 18.3. The minimum absolute atomic E-state index is 0.171. The molecule has 0 aliphatic rings. The summed E-state index contributed by atoms with van der Waals surface area (Å²) in [6, 6.07) is 0. The van der Waals surface area contributed by atoms with Crippen LogP contribution in [0.5, 0.6) is 0 Å². The minimum atomic E-state index is -3.99. The van der Waals surface area contributed by atoms with Gasteiger partial charge in [0.15, 0.2) is 0 Å². The molecule has 20 heavy (non-hydrogen) atoms. The summed E-state index contributed by atoms with van der Waals surface area (Å²) in [4.78, 5) is 1.77. The highest BCUT2D eigenvalue weighted by atomic mass is 32.2. The molecular formula is C13H29NO5S. The van der Waals surface area contributed by atoms with Crippen LogP contribution >= 0.6 is 0 Å². The highest BCUT2D eigenvalue weighted by Crippen LogP contribution is 2.06. The first-order chi connectivity index (χ1) is 9.39. The Morgan fingerprint density at radius 1 is 1.05 bits per heavy atom. The van der Waals surface area contributed by atoms with Crippen LogP contribution in [0.2, 0.25) is 0 Å². The zero-order chi connectivity index (χ0) is 15.4. The molecule has 1 unspecified atom stereocenters. The molecule has 1 atom stereocenters. The summed E-state index contributed by atoms with van der Waals surface area (Å²) in [7, 11) is -3.99. The van der Waals surface area contributed by atoms with Gasteiger partial charge in [0.25, 0.3) is 10.1 Å². The maximum absolute atomic E-state index is 10.8. The normalized spacial score (nSPS) is 13.8. The summed E-state index contributed by atoms with van der Waals surface area (Å²) in [6.07, 6.45) is 5.91. The summed E-state index contributed by atoms with van der Waals surface area (Å²) in [5.74, 6) is -0.346. The minimum Gasteiger partial charge on any atom is -0.394 e. The van der Waals surface area contributed by atoms with Crippen molar-refractivity contribution in [2.75, 3.05) is 32.0 Å². The van der Waals surface area contributed by atoms with Gasteiger partial charge in [-0.25, -0.2) is 0 Å². The predicted octanol–water partition coefficient (Wildman–Crippen LogP) is 0.890. The number of nitrogens with zero attached hydrogens (tertiary/aromatic N) is 1. The van der Waals surface area contributed by atoms with Gasteiger partial charge in [0.2, 0.25) is 0 Å². The molecule has 3 N–H and O–H groups in total. The second-order valence-electron chi connectivity index (χ2n) is 5.19. The molecule has 7 heteroatoms. The second-order valence-corrected chi connectivity index (χ2v) is 6.76. The molecule has 0 aromatic rings. The third-order valence-electron chi connectivity index (χ3n) is 3.17. The fraction of sp³-hybridized carbons (Fsp3) is 1.00. The van der Waals surface area contributed by atoms with E-state index in [-0.39, 0.29) is 25.4 Å². The first kappa shape index (κ1) is 19.8. The number of rotatable bonds is 13. The number of hydrogen-bond acceptors (Lipinski definition) is 5. The molecule has 0 fully saturated rings. The van der Waals surface area contributed by atoms with Gasteiger partial charge in [-0.2, -0.15) is 8.42 Å². The Hall–Kier alpha value is -0.210. The lowest BCUT2D eigenvalue weighted by atomic mass is 10.1. The summed E-state index contributed by atoms with van der Waals surface area (Å²) >= 11 is 0. The lowest BCUT2D eigenvalue weighted by molar-refractivity contribution is 0.0602. The lowest BCUT2D eigenvalue weighted by Gasteiger charge is -2.23. The van der Waals surface area contributed by atoms with Crippen molar-refractivity contribution in [2.45, 2.75) is 51.6 Å². The molecule has 0 spiro atoms. The molecule has 0 aliphatic carbocycles. The second kappa shape index (κ2) is 11.4. The number of unbranched alkanes of at least 4 members (excludes halogenated alkanes) is 5. The zero-order valence-electron chi connectivity index (χ0n) is 12.4. The van der Waals surface area contributed by atoms with Crippen LogP contribution in [0.3, 0.4) is 0 Å². The monoisotopic (exact) mass is 311 g/mol. The van der Waals surface area contributed by atoms with Crippen molar-refractivity contribution < 1.29 is 23.2 Å². The fourth-order valence-corrected chi connectivity index (χ4v) is 2.50.